The third-order valence-electron chi connectivity index (χ3n) is 2.71. The van der Waals surface area contributed by atoms with Crippen LogP contribution in [0.15, 0.2) is 0 Å². The molecule has 0 N–H and O–H groups in total. The van der Waals surface area contributed by atoms with E-state index in [-0.39, 0.29) is 19.3 Å². The zero-order chi connectivity index (χ0) is 13.1. The molecule has 5 heteroatoms. The van der Waals surface area contributed by atoms with Crippen molar-refractivity contribution in [2.45, 2.75) is 51.3 Å². The van der Waals surface area contributed by atoms with Gasteiger partial charge in [-0.05, 0) is 20.8 Å². The normalized spacial score (nSPS) is 19.6. The van der Waals surface area contributed by atoms with Crippen LogP contribution in [-0.4, -0.2) is 35.4 Å². The third-order valence-corrected chi connectivity index (χ3v) is 2.71. The van der Waals surface area contributed by atoms with Crippen LogP contribution in [0.1, 0.15) is 40.0 Å². The van der Waals surface area contributed by atoms with Crippen LogP contribution in [-0.2, 0) is 4.74 Å². The highest BCUT2D eigenvalue weighted by molar-refractivity contribution is 5.68. The van der Waals surface area contributed by atoms with Gasteiger partial charge in [0.15, 0.2) is 0 Å². The van der Waals surface area contributed by atoms with Crippen molar-refractivity contribution in [1.29, 1.82) is 5.26 Å². The molecule has 0 aromatic carbocycles. The Labute approximate surface area is 101 Å². The number of nitrogens with zero attached hydrogens (tertiary/aromatic N) is 2. The Hall–Kier alpha value is -1.31. The molecule has 0 bridgehead atoms. The van der Waals surface area contributed by atoms with Crippen molar-refractivity contribution >= 4 is 6.09 Å². The second-order valence-electron chi connectivity index (χ2n) is 5.45. The SMILES string of the molecule is CC(C)(C)OC(=O)N1CCC(F)(CC#N)CC1. The van der Waals surface area contributed by atoms with Gasteiger partial charge in [0.25, 0.3) is 0 Å². The van der Waals surface area contributed by atoms with E-state index >= 15 is 0 Å². The number of nitriles is 1. The maximum atomic E-state index is 13.9. The number of rotatable bonds is 1. The number of piperidine rings is 1. The van der Waals surface area contributed by atoms with Gasteiger partial charge in [-0.15, -0.1) is 0 Å². The highest BCUT2D eigenvalue weighted by Gasteiger charge is 2.36. The van der Waals surface area contributed by atoms with Crippen molar-refractivity contribution in [3.63, 3.8) is 0 Å². The Morgan fingerprint density at radius 1 is 1.47 bits per heavy atom. The van der Waals surface area contributed by atoms with E-state index < -0.39 is 17.4 Å². The molecule has 0 radical (unpaired) electrons. The predicted octanol–water partition coefficient (Wildman–Crippen LogP) is 2.64. The summed E-state index contributed by atoms with van der Waals surface area (Å²) in [6.07, 6.45) is -0.0918. The number of likely N-dealkylation sites (tertiary alicyclic amines) is 1. The Morgan fingerprint density at radius 2 is 2.00 bits per heavy atom. The van der Waals surface area contributed by atoms with Gasteiger partial charge in [0.2, 0.25) is 0 Å². The summed E-state index contributed by atoms with van der Waals surface area (Å²) in [4.78, 5) is 13.2. The van der Waals surface area contributed by atoms with Gasteiger partial charge in [-0.25, -0.2) is 9.18 Å². The van der Waals surface area contributed by atoms with Gasteiger partial charge >= 0.3 is 6.09 Å². The van der Waals surface area contributed by atoms with E-state index in [1.807, 2.05) is 6.07 Å². The van der Waals surface area contributed by atoms with E-state index in [0.717, 1.165) is 0 Å². The highest BCUT2D eigenvalue weighted by Crippen LogP contribution is 2.30. The van der Waals surface area contributed by atoms with Crippen molar-refractivity contribution in [2.75, 3.05) is 13.1 Å². The zero-order valence-electron chi connectivity index (χ0n) is 10.6. The summed E-state index contributed by atoms with van der Waals surface area (Å²) >= 11 is 0. The topological polar surface area (TPSA) is 53.3 Å². The maximum absolute atomic E-state index is 13.9. The van der Waals surface area contributed by atoms with Crippen LogP contribution in [0, 0.1) is 11.3 Å². The molecule has 1 saturated heterocycles. The second kappa shape index (κ2) is 4.91. The first-order valence-electron chi connectivity index (χ1n) is 5.80. The van der Waals surface area contributed by atoms with E-state index in [0.29, 0.717) is 13.1 Å². The molecule has 4 nitrogen and oxygen atoms in total. The van der Waals surface area contributed by atoms with E-state index in [4.69, 9.17) is 10.00 Å². The molecule has 0 aromatic rings. The van der Waals surface area contributed by atoms with E-state index in [2.05, 4.69) is 0 Å². The number of carbonyl (C=O) groups excluding carboxylic acids is 1. The fourth-order valence-corrected chi connectivity index (χ4v) is 1.73. The molecule has 0 aliphatic carbocycles. The smallest absolute Gasteiger partial charge is 0.410 e. The second-order valence-corrected chi connectivity index (χ2v) is 5.45. The lowest BCUT2D eigenvalue weighted by atomic mass is 9.91. The van der Waals surface area contributed by atoms with Crippen molar-refractivity contribution in [3.05, 3.63) is 0 Å². The monoisotopic (exact) mass is 242 g/mol. The summed E-state index contributed by atoms with van der Waals surface area (Å²) in [6, 6.07) is 1.85. The minimum absolute atomic E-state index is 0.102. The highest BCUT2D eigenvalue weighted by atomic mass is 19.1. The van der Waals surface area contributed by atoms with E-state index in [1.54, 1.807) is 20.8 Å². The predicted molar refractivity (Wildman–Crippen MR) is 61.1 cm³/mol. The first-order chi connectivity index (χ1) is 7.76. The van der Waals surface area contributed by atoms with Crippen molar-refractivity contribution in [2.24, 2.45) is 0 Å². The van der Waals surface area contributed by atoms with Gasteiger partial charge < -0.3 is 9.64 Å². The summed E-state index contributed by atoms with van der Waals surface area (Å²) in [6.45, 7) is 6.01. The quantitative estimate of drug-likeness (QED) is 0.710. The summed E-state index contributed by atoms with van der Waals surface area (Å²) < 4.78 is 19.2. The first-order valence-corrected chi connectivity index (χ1v) is 5.80. The molecule has 1 rings (SSSR count). The van der Waals surface area contributed by atoms with Gasteiger partial charge in [0.05, 0.1) is 12.5 Å². The zero-order valence-corrected chi connectivity index (χ0v) is 10.6. The van der Waals surface area contributed by atoms with Crippen LogP contribution in [0.2, 0.25) is 0 Å². The van der Waals surface area contributed by atoms with Gasteiger partial charge in [-0.2, -0.15) is 5.26 Å². The molecular weight excluding hydrogens is 223 g/mol. The molecule has 1 amide bonds. The van der Waals surface area contributed by atoms with Crippen LogP contribution < -0.4 is 0 Å². The Kier molecular flexibility index (Phi) is 3.97. The number of amides is 1. The summed E-state index contributed by atoms with van der Waals surface area (Å²) in [5.41, 5.74) is -1.97. The lowest BCUT2D eigenvalue weighted by molar-refractivity contribution is 0.00424. The van der Waals surface area contributed by atoms with Crippen LogP contribution in [0.5, 0.6) is 0 Å². The Balaban J connectivity index is 2.47. The molecule has 0 saturated carbocycles. The Morgan fingerprint density at radius 3 is 2.41 bits per heavy atom. The summed E-state index contributed by atoms with van der Waals surface area (Å²) in [7, 11) is 0. The van der Waals surface area contributed by atoms with Crippen LogP contribution in [0.3, 0.4) is 0 Å². The summed E-state index contributed by atoms with van der Waals surface area (Å²) in [5, 5.41) is 8.52. The van der Waals surface area contributed by atoms with Gasteiger partial charge in [0.1, 0.15) is 11.3 Å². The van der Waals surface area contributed by atoms with Gasteiger partial charge in [-0.1, -0.05) is 0 Å². The van der Waals surface area contributed by atoms with Gasteiger partial charge in [-0.3, -0.25) is 0 Å². The number of ether oxygens (including phenoxy) is 1. The minimum atomic E-state index is -1.44. The summed E-state index contributed by atoms with van der Waals surface area (Å²) in [5.74, 6) is 0. The standard InChI is InChI=1S/C12H19FN2O2/c1-11(2,3)17-10(16)15-8-5-12(13,4-7-14)6-9-15/h4-6,8-9H2,1-3H3. The largest absolute Gasteiger partial charge is 0.444 e. The molecule has 17 heavy (non-hydrogen) atoms. The number of carbonyl (C=O) groups is 1. The Bertz CT molecular complexity index is 322. The molecule has 96 valence electrons. The van der Waals surface area contributed by atoms with Crippen molar-refractivity contribution < 1.29 is 13.9 Å². The molecule has 1 aliphatic rings. The lowest BCUT2D eigenvalue weighted by Gasteiger charge is -2.35. The molecule has 0 unspecified atom stereocenters. The fraction of sp³-hybridized carbons (Fsp3) is 0.833. The van der Waals surface area contributed by atoms with Gasteiger partial charge in [0, 0.05) is 25.9 Å². The molecule has 0 spiro atoms. The number of halogens is 1. The minimum Gasteiger partial charge on any atom is -0.444 e. The number of hydrogen-bond acceptors (Lipinski definition) is 3. The fourth-order valence-electron chi connectivity index (χ4n) is 1.73. The molecule has 1 heterocycles. The van der Waals surface area contributed by atoms with E-state index in [9.17, 15) is 9.18 Å². The molecule has 0 atom stereocenters. The average Bonchev–Trinajstić information content (AvgIpc) is 2.15. The average molecular weight is 242 g/mol. The molecular formula is C12H19FN2O2. The lowest BCUT2D eigenvalue weighted by Crippen LogP contribution is -2.46. The number of hydrogen-bond donors (Lipinski definition) is 0. The molecule has 1 aliphatic heterocycles. The molecule has 0 aromatic heterocycles. The van der Waals surface area contributed by atoms with Crippen molar-refractivity contribution in [1.82, 2.24) is 4.90 Å². The van der Waals surface area contributed by atoms with Crippen LogP contribution >= 0.6 is 0 Å². The van der Waals surface area contributed by atoms with Crippen molar-refractivity contribution in [3.8, 4) is 6.07 Å². The van der Waals surface area contributed by atoms with Crippen LogP contribution in [0.25, 0.3) is 0 Å². The van der Waals surface area contributed by atoms with Crippen LogP contribution in [0.4, 0.5) is 9.18 Å². The number of alkyl halides is 1. The maximum Gasteiger partial charge on any atom is 0.410 e. The molecule has 1 fully saturated rings. The third kappa shape index (κ3) is 4.22. The first kappa shape index (κ1) is 13.8. The van der Waals surface area contributed by atoms with E-state index in [1.165, 1.54) is 4.90 Å².